The molecule has 0 bridgehead atoms. The van der Waals surface area contributed by atoms with Crippen LogP contribution < -0.4 is 10.1 Å². The molecule has 0 unspecified atom stereocenters. The van der Waals surface area contributed by atoms with Gasteiger partial charge in [-0.25, -0.2) is 0 Å². The maximum absolute atomic E-state index is 12.2. The minimum atomic E-state index is -0.554. The van der Waals surface area contributed by atoms with E-state index in [9.17, 15) is 10.1 Å². The van der Waals surface area contributed by atoms with Gasteiger partial charge in [0, 0.05) is 11.8 Å². The first-order valence-corrected chi connectivity index (χ1v) is 7.28. The fourth-order valence-electron chi connectivity index (χ4n) is 1.87. The summed E-state index contributed by atoms with van der Waals surface area (Å²) in [6.45, 7) is 5.73. The molecule has 0 saturated heterocycles. The highest BCUT2D eigenvalue weighted by atomic mass is 16.5. The standard InChI is InChI=1S/C18H19N3O2/c1-18(2,3)16(11-19)21-17(22)13-6-8-14(9-7-13)23-15-5-4-10-20-12-15/h4-10,12,16H,1-3H3,(H,21,22)/t16-/m1/s1. The van der Waals surface area contributed by atoms with Gasteiger partial charge in [0.2, 0.25) is 0 Å². The Morgan fingerprint density at radius 1 is 1.22 bits per heavy atom. The molecule has 0 aliphatic carbocycles. The highest BCUT2D eigenvalue weighted by Gasteiger charge is 2.26. The van der Waals surface area contributed by atoms with Gasteiger partial charge >= 0.3 is 0 Å². The Kier molecular flexibility index (Phi) is 4.97. The van der Waals surface area contributed by atoms with Gasteiger partial charge in [-0.2, -0.15) is 5.26 Å². The molecule has 1 aromatic heterocycles. The van der Waals surface area contributed by atoms with Crippen molar-refractivity contribution in [1.82, 2.24) is 10.3 Å². The Hall–Kier alpha value is -2.87. The molecule has 118 valence electrons. The van der Waals surface area contributed by atoms with Crippen molar-refractivity contribution in [2.24, 2.45) is 5.41 Å². The zero-order valence-electron chi connectivity index (χ0n) is 13.4. The van der Waals surface area contributed by atoms with Crippen LogP contribution in [-0.4, -0.2) is 16.9 Å². The first kappa shape index (κ1) is 16.5. The van der Waals surface area contributed by atoms with E-state index in [0.717, 1.165) is 0 Å². The van der Waals surface area contributed by atoms with Crippen LogP contribution in [0, 0.1) is 16.7 Å². The maximum Gasteiger partial charge on any atom is 0.252 e. The van der Waals surface area contributed by atoms with Crippen LogP contribution in [0.3, 0.4) is 0 Å². The van der Waals surface area contributed by atoms with Crippen LogP contribution in [0.1, 0.15) is 31.1 Å². The van der Waals surface area contributed by atoms with Crippen molar-refractivity contribution in [1.29, 1.82) is 5.26 Å². The Bertz CT molecular complexity index is 698. The number of hydrogen-bond acceptors (Lipinski definition) is 4. The molecule has 0 spiro atoms. The number of nitriles is 1. The van der Waals surface area contributed by atoms with Crippen molar-refractivity contribution in [2.75, 3.05) is 0 Å². The Morgan fingerprint density at radius 2 is 1.91 bits per heavy atom. The summed E-state index contributed by atoms with van der Waals surface area (Å²) < 4.78 is 5.62. The van der Waals surface area contributed by atoms with Crippen LogP contribution in [0.5, 0.6) is 11.5 Å². The highest BCUT2D eigenvalue weighted by Crippen LogP contribution is 2.21. The van der Waals surface area contributed by atoms with E-state index in [4.69, 9.17) is 4.74 Å². The predicted molar refractivity (Wildman–Crippen MR) is 87.1 cm³/mol. The van der Waals surface area contributed by atoms with Gasteiger partial charge in [0.25, 0.3) is 5.91 Å². The quantitative estimate of drug-likeness (QED) is 0.937. The fourth-order valence-corrected chi connectivity index (χ4v) is 1.87. The third kappa shape index (κ3) is 4.55. The summed E-state index contributed by atoms with van der Waals surface area (Å²) in [5, 5.41) is 11.9. The summed E-state index contributed by atoms with van der Waals surface area (Å²) >= 11 is 0. The topological polar surface area (TPSA) is 75.0 Å². The number of nitrogens with one attached hydrogen (secondary N) is 1. The van der Waals surface area contributed by atoms with E-state index in [1.54, 1.807) is 48.8 Å². The van der Waals surface area contributed by atoms with Gasteiger partial charge in [-0.3, -0.25) is 9.78 Å². The zero-order chi connectivity index (χ0) is 16.9. The average molecular weight is 309 g/mol. The van der Waals surface area contributed by atoms with Crippen molar-refractivity contribution in [3.05, 3.63) is 54.4 Å². The molecule has 0 aliphatic rings. The van der Waals surface area contributed by atoms with Crippen molar-refractivity contribution in [3.63, 3.8) is 0 Å². The minimum Gasteiger partial charge on any atom is -0.456 e. The van der Waals surface area contributed by atoms with E-state index in [0.29, 0.717) is 17.1 Å². The molecular weight excluding hydrogens is 290 g/mol. The predicted octanol–water partition coefficient (Wildman–Crippen LogP) is 3.54. The summed E-state index contributed by atoms with van der Waals surface area (Å²) in [5.41, 5.74) is 0.154. The second-order valence-corrected chi connectivity index (χ2v) is 6.22. The van der Waals surface area contributed by atoms with Crippen molar-refractivity contribution in [2.45, 2.75) is 26.8 Å². The lowest BCUT2D eigenvalue weighted by Gasteiger charge is -2.25. The van der Waals surface area contributed by atoms with E-state index in [-0.39, 0.29) is 11.3 Å². The lowest BCUT2D eigenvalue weighted by atomic mass is 9.87. The second-order valence-electron chi connectivity index (χ2n) is 6.22. The number of hydrogen-bond donors (Lipinski definition) is 1. The molecular formula is C18H19N3O2. The Morgan fingerprint density at radius 3 is 2.43 bits per heavy atom. The largest absolute Gasteiger partial charge is 0.456 e. The monoisotopic (exact) mass is 309 g/mol. The molecule has 1 amide bonds. The number of ether oxygens (including phenoxy) is 1. The summed E-state index contributed by atoms with van der Waals surface area (Å²) in [6, 6.07) is 11.9. The summed E-state index contributed by atoms with van der Waals surface area (Å²) in [6.07, 6.45) is 3.28. The fraction of sp³-hybridized carbons (Fsp3) is 0.278. The van der Waals surface area contributed by atoms with Crippen LogP contribution in [0.2, 0.25) is 0 Å². The van der Waals surface area contributed by atoms with E-state index < -0.39 is 6.04 Å². The number of pyridine rings is 1. The third-order valence-corrected chi connectivity index (χ3v) is 3.26. The highest BCUT2D eigenvalue weighted by molar-refractivity contribution is 5.94. The number of carbonyl (C=O) groups is 1. The Balaban J connectivity index is 2.04. The lowest BCUT2D eigenvalue weighted by molar-refractivity contribution is 0.0922. The SMILES string of the molecule is CC(C)(C)[C@@H](C#N)NC(=O)c1ccc(Oc2cccnc2)cc1. The molecule has 1 heterocycles. The Labute approximate surface area is 135 Å². The number of rotatable bonds is 4. The molecule has 23 heavy (non-hydrogen) atoms. The van der Waals surface area contributed by atoms with Gasteiger partial charge in [-0.1, -0.05) is 20.8 Å². The van der Waals surface area contributed by atoms with Crippen molar-refractivity contribution < 1.29 is 9.53 Å². The van der Waals surface area contributed by atoms with E-state index >= 15 is 0 Å². The number of aromatic nitrogens is 1. The molecule has 0 saturated carbocycles. The molecule has 5 heteroatoms. The molecule has 2 rings (SSSR count). The van der Waals surface area contributed by atoms with E-state index in [1.165, 1.54) is 0 Å². The summed E-state index contributed by atoms with van der Waals surface area (Å²) in [5.74, 6) is 0.962. The molecule has 0 aliphatic heterocycles. The van der Waals surface area contributed by atoms with Gasteiger partial charge < -0.3 is 10.1 Å². The molecule has 0 fully saturated rings. The molecule has 2 aromatic rings. The normalized spacial score (nSPS) is 12.1. The second kappa shape index (κ2) is 6.93. The first-order valence-electron chi connectivity index (χ1n) is 7.28. The number of nitrogens with zero attached hydrogens (tertiary/aromatic N) is 2. The van der Waals surface area contributed by atoms with Gasteiger partial charge in [0.15, 0.2) is 0 Å². The summed E-state index contributed by atoms with van der Waals surface area (Å²) in [4.78, 5) is 16.2. The number of amides is 1. The van der Waals surface area contributed by atoms with Crippen LogP contribution in [-0.2, 0) is 0 Å². The average Bonchev–Trinajstić information content (AvgIpc) is 2.53. The first-order chi connectivity index (χ1) is 10.9. The molecule has 0 radical (unpaired) electrons. The van der Waals surface area contributed by atoms with Crippen LogP contribution in [0.15, 0.2) is 48.8 Å². The molecule has 1 N–H and O–H groups in total. The van der Waals surface area contributed by atoms with Gasteiger partial charge in [0.1, 0.15) is 17.5 Å². The molecule has 1 aromatic carbocycles. The minimum absolute atomic E-state index is 0.278. The van der Waals surface area contributed by atoms with Gasteiger partial charge in [-0.05, 0) is 41.8 Å². The molecule has 1 atom stereocenters. The van der Waals surface area contributed by atoms with E-state index in [2.05, 4.69) is 16.4 Å². The van der Waals surface area contributed by atoms with E-state index in [1.807, 2.05) is 20.8 Å². The molecule has 5 nitrogen and oxygen atoms in total. The lowest BCUT2D eigenvalue weighted by Crippen LogP contribution is -2.42. The zero-order valence-corrected chi connectivity index (χ0v) is 13.4. The smallest absolute Gasteiger partial charge is 0.252 e. The van der Waals surface area contributed by atoms with Crippen LogP contribution in [0.4, 0.5) is 0 Å². The maximum atomic E-state index is 12.2. The summed E-state index contributed by atoms with van der Waals surface area (Å²) in [7, 11) is 0. The number of benzene rings is 1. The van der Waals surface area contributed by atoms with Crippen molar-refractivity contribution in [3.8, 4) is 17.6 Å². The van der Waals surface area contributed by atoms with Gasteiger partial charge in [-0.15, -0.1) is 0 Å². The van der Waals surface area contributed by atoms with Gasteiger partial charge in [0.05, 0.1) is 12.3 Å². The van der Waals surface area contributed by atoms with Crippen molar-refractivity contribution >= 4 is 5.91 Å². The van der Waals surface area contributed by atoms with Crippen LogP contribution >= 0.6 is 0 Å². The number of carbonyl (C=O) groups excluding carboxylic acids is 1. The third-order valence-electron chi connectivity index (χ3n) is 3.26. The van der Waals surface area contributed by atoms with Crippen LogP contribution in [0.25, 0.3) is 0 Å².